The van der Waals surface area contributed by atoms with Crippen LogP contribution in [-0.4, -0.2) is 23.2 Å². The average molecular weight is 283 g/mol. The van der Waals surface area contributed by atoms with Crippen LogP contribution in [-0.2, 0) is 0 Å². The monoisotopic (exact) mass is 283 g/mol. The second kappa shape index (κ2) is 5.87. The van der Waals surface area contributed by atoms with Gasteiger partial charge in [-0.05, 0) is 43.7 Å². The molecule has 1 fully saturated rings. The summed E-state index contributed by atoms with van der Waals surface area (Å²) in [6.45, 7) is 2.14. The molecule has 1 saturated carbocycles. The molecule has 1 aliphatic carbocycles. The molecule has 2 N–H and O–H groups in total. The summed E-state index contributed by atoms with van der Waals surface area (Å²) >= 11 is 0. The zero-order valence-corrected chi connectivity index (χ0v) is 11.5. The van der Waals surface area contributed by atoms with Gasteiger partial charge in [0.25, 0.3) is 5.91 Å². The minimum atomic E-state index is -0.968. The molecule has 5 heteroatoms. The van der Waals surface area contributed by atoms with E-state index in [4.69, 9.17) is 0 Å². The van der Waals surface area contributed by atoms with Crippen LogP contribution in [0.3, 0.4) is 0 Å². The van der Waals surface area contributed by atoms with Crippen LogP contribution in [0.1, 0.15) is 43.0 Å². The minimum absolute atomic E-state index is 0.0202. The number of carbonyl (C=O) groups excluding carboxylic acids is 1. The van der Waals surface area contributed by atoms with E-state index < -0.39 is 28.7 Å². The van der Waals surface area contributed by atoms with Crippen molar-refractivity contribution >= 4 is 5.91 Å². The predicted octanol–water partition coefficient (Wildman–Crippen LogP) is 2.64. The van der Waals surface area contributed by atoms with Crippen molar-refractivity contribution in [3.8, 4) is 0 Å². The zero-order valence-electron chi connectivity index (χ0n) is 11.5. The second-order valence-corrected chi connectivity index (χ2v) is 5.69. The summed E-state index contributed by atoms with van der Waals surface area (Å²) in [6, 6.07) is 3.28. The van der Waals surface area contributed by atoms with Crippen molar-refractivity contribution < 1.29 is 18.7 Å². The Kier molecular flexibility index (Phi) is 4.38. The highest BCUT2D eigenvalue weighted by Crippen LogP contribution is 2.31. The summed E-state index contributed by atoms with van der Waals surface area (Å²) < 4.78 is 26.9. The van der Waals surface area contributed by atoms with Crippen molar-refractivity contribution in [2.24, 2.45) is 5.92 Å². The first-order valence-electron chi connectivity index (χ1n) is 6.86. The summed E-state index contributed by atoms with van der Waals surface area (Å²) in [5.41, 5.74) is -1.57. The Morgan fingerprint density at radius 2 is 1.90 bits per heavy atom. The summed E-state index contributed by atoms with van der Waals surface area (Å²) in [7, 11) is 0. The summed E-state index contributed by atoms with van der Waals surface area (Å²) in [5.74, 6) is -2.05. The van der Waals surface area contributed by atoms with Crippen molar-refractivity contribution in [3.05, 3.63) is 35.4 Å². The molecule has 0 spiro atoms. The van der Waals surface area contributed by atoms with Crippen LogP contribution in [0.4, 0.5) is 8.78 Å². The van der Waals surface area contributed by atoms with Crippen molar-refractivity contribution in [1.82, 2.24) is 5.32 Å². The first-order valence-corrected chi connectivity index (χ1v) is 6.86. The molecule has 0 atom stereocenters. The van der Waals surface area contributed by atoms with Crippen molar-refractivity contribution in [2.75, 3.05) is 6.54 Å². The normalized spacial score (nSPS) is 26.3. The number of rotatable bonds is 3. The molecule has 1 amide bonds. The molecule has 0 saturated heterocycles. The van der Waals surface area contributed by atoms with E-state index in [9.17, 15) is 18.7 Å². The Bertz CT molecular complexity index is 476. The van der Waals surface area contributed by atoms with Crippen LogP contribution in [0.2, 0.25) is 0 Å². The molecule has 0 heterocycles. The highest BCUT2D eigenvalue weighted by molar-refractivity contribution is 5.94. The molecule has 1 aliphatic rings. The molecule has 110 valence electrons. The molecule has 1 aromatic carbocycles. The van der Waals surface area contributed by atoms with E-state index in [2.05, 4.69) is 12.2 Å². The van der Waals surface area contributed by atoms with Crippen LogP contribution in [0.5, 0.6) is 0 Å². The Morgan fingerprint density at radius 1 is 1.35 bits per heavy atom. The number of benzene rings is 1. The summed E-state index contributed by atoms with van der Waals surface area (Å²) in [6.07, 6.45) is 2.96. The second-order valence-electron chi connectivity index (χ2n) is 5.69. The molecule has 2 rings (SSSR count). The van der Waals surface area contributed by atoms with Gasteiger partial charge in [-0.2, -0.15) is 0 Å². The van der Waals surface area contributed by atoms with Gasteiger partial charge in [0.1, 0.15) is 17.2 Å². The quantitative estimate of drug-likeness (QED) is 0.896. The van der Waals surface area contributed by atoms with Gasteiger partial charge in [-0.1, -0.05) is 13.0 Å². The number of carbonyl (C=O) groups is 1. The van der Waals surface area contributed by atoms with Crippen molar-refractivity contribution in [3.63, 3.8) is 0 Å². The van der Waals surface area contributed by atoms with E-state index in [0.29, 0.717) is 18.8 Å². The van der Waals surface area contributed by atoms with Crippen molar-refractivity contribution in [2.45, 2.75) is 38.2 Å². The molecule has 20 heavy (non-hydrogen) atoms. The fraction of sp³-hybridized carbons (Fsp3) is 0.533. The summed E-state index contributed by atoms with van der Waals surface area (Å²) in [4.78, 5) is 11.8. The number of hydrogen-bond donors (Lipinski definition) is 2. The highest BCUT2D eigenvalue weighted by Gasteiger charge is 2.32. The minimum Gasteiger partial charge on any atom is -0.388 e. The third kappa shape index (κ3) is 3.33. The maximum atomic E-state index is 13.4. The van der Waals surface area contributed by atoms with E-state index in [-0.39, 0.29) is 6.54 Å². The first-order chi connectivity index (χ1) is 9.41. The smallest absolute Gasteiger partial charge is 0.257 e. The Morgan fingerprint density at radius 3 is 2.45 bits per heavy atom. The number of halogens is 2. The van der Waals surface area contributed by atoms with E-state index in [1.807, 2.05) is 0 Å². The standard InChI is InChI=1S/C15H19F2NO2/c1-10-5-7-15(20,8-6-10)9-18-14(19)13-11(16)3-2-4-12(13)17/h2-4,10,20H,5-9H2,1H3,(H,18,19). The van der Waals surface area contributed by atoms with E-state index in [1.54, 1.807) is 0 Å². The van der Waals surface area contributed by atoms with Crippen LogP contribution >= 0.6 is 0 Å². The van der Waals surface area contributed by atoms with Gasteiger partial charge < -0.3 is 10.4 Å². The topological polar surface area (TPSA) is 49.3 Å². The van der Waals surface area contributed by atoms with E-state index in [1.165, 1.54) is 6.07 Å². The lowest BCUT2D eigenvalue weighted by atomic mass is 9.79. The lowest BCUT2D eigenvalue weighted by Gasteiger charge is -2.34. The maximum absolute atomic E-state index is 13.4. The van der Waals surface area contributed by atoms with Crippen LogP contribution in [0.25, 0.3) is 0 Å². The molecule has 0 unspecified atom stereocenters. The first kappa shape index (κ1) is 14.9. The number of amides is 1. The van der Waals surface area contributed by atoms with Gasteiger partial charge in [0, 0.05) is 6.54 Å². The molecule has 1 aromatic rings. The lowest BCUT2D eigenvalue weighted by Crippen LogP contribution is -2.45. The third-order valence-corrected chi connectivity index (χ3v) is 3.97. The van der Waals surface area contributed by atoms with Gasteiger partial charge in [-0.25, -0.2) is 8.78 Å². The number of hydrogen-bond acceptors (Lipinski definition) is 2. The molecule has 0 radical (unpaired) electrons. The van der Waals surface area contributed by atoms with Gasteiger partial charge in [0.2, 0.25) is 0 Å². The van der Waals surface area contributed by atoms with Gasteiger partial charge in [-0.3, -0.25) is 4.79 Å². The molecular weight excluding hydrogens is 264 g/mol. The van der Waals surface area contributed by atoms with Crippen molar-refractivity contribution in [1.29, 1.82) is 0 Å². The van der Waals surface area contributed by atoms with Crippen LogP contribution in [0, 0.1) is 17.6 Å². The zero-order chi connectivity index (χ0) is 14.8. The van der Waals surface area contributed by atoms with Gasteiger partial charge in [0.15, 0.2) is 0 Å². The van der Waals surface area contributed by atoms with E-state index >= 15 is 0 Å². The lowest BCUT2D eigenvalue weighted by molar-refractivity contribution is -0.00547. The molecule has 0 aliphatic heterocycles. The Hall–Kier alpha value is -1.49. The third-order valence-electron chi connectivity index (χ3n) is 3.97. The number of aliphatic hydroxyl groups is 1. The molecular formula is C15H19F2NO2. The fourth-order valence-corrected chi connectivity index (χ4v) is 2.52. The average Bonchev–Trinajstić information content (AvgIpc) is 2.40. The molecule has 0 aromatic heterocycles. The van der Waals surface area contributed by atoms with Gasteiger partial charge >= 0.3 is 0 Å². The summed E-state index contributed by atoms with van der Waals surface area (Å²) in [5, 5.41) is 12.8. The predicted molar refractivity (Wildman–Crippen MR) is 71.3 cm³/mol. The van der Waals surface area contributed by atoms with Gasteiger partial charge in [0.05, 0.1) is 5.60 Å². The van der Waals surface area contributed by atoms with E-state index in [0.717, 1.165) is 25.0 Å². The van der Waals surface area contributed by atoms with Gasteiger partial charge in [-0.15, -0.1) is 0 Å². The maximum Gasteiger partial charge on any atom is 0.257 e. The fourth-order valence-electron chi connectivity index (χ4n) is 2.52. The van der Waals surface area contributed by atoms with Crippen LogP contribution < -0.4 is 5.32 Å². The number of nitrogens with one attached hydrogen (secondary N) is 1. The SMILES string of the molecule is CC1CCC(O)(CNC(=O)c2c(F)cccc2F)CC1. The van der Waals surface area contributed by atoms with Crippen LogP contribution in [0.15, 0.2) is 18.2 Å². The molecule has 3 nitrogen and oxygen atoms in total. The molecule has 0 bridgehead atoms. The largest absolute Gasteiger partial charge is 0.388 e. The Balaban J connectivity index is 1.99. The highest BCUT2D eigenvalue weighted by atomic mass is 19.1. The Labute approximate surface area is 117 Å².